The Hall–Kier alpha value is -1.22. The molecule has 118 valence electrons. The summed E-state index contributed by atoms with van der Waals surface area (Å²) < 4.78 is 5.61. The van der Waals surface area contributed by atoms with Crippen molar-refractivity contribution in [2.75, 3.05) is 32.1 Å². The molecule has 1 N–H and O–H groups in total. The van der Waals surface area contributed by atoms with E-state index >= 15 is 0 Å². The lowest BCUT2D eigenvalue weighted by Gasteiger charge is -2.30. The topological polar surface area (TPSA) is 24.5 Å². The average Bonchev–Trinajstić information content (AvgIpc) is 2.98. The fraction of sp³-hybridized carbons (Fsp3) is 0.667. The van der Waals surface area contributed by atoms with Crippen molar-refractivity contribution < 1.29 is 4.74 Å². The molecule has 1 aromatic rings. The van der Waals surface area contributed by atoms with Crippen molar-refractivity contribution in [2.24, 2.45) is 5.41 Å². The van der Waals surface area contributed by atoms with Crippen LogP contribution in [0.25, 0.3) is 0 Å². The maximum absolute atomic E-state index is 5.61. The molecule has 3 heteroatoms. The van der Waals surface area contributed by atoms with E-state index in [0.717, 1.165) is 18.8 Å². The molecular formula is C18H30N2O. The van der Waals surface area contributed by atoms with Crippen LogP contribution in [0.1, 0.15) is 51.6 Å². The van der Waals surface area contributed by atoms with Gasteiger partial charge in [0, 0.05) is 30.4 Å². The third-order valence-corrected chi connectivity index (χ3v) is 5.41. The van der Waals surface area contributed by atoms with Crippen molar-refractivity contribution in [1.82, 2.24) is 5.32 Å². The monoisotopic (exact) mass is 290 g/mol. The molecule has 1 aliphatic heterocycles. The molecule has 2 rings (SSSR count). The van der Waals surface area contributed by atoms with Gasteiger partial charge in [-0.3, -0.25) is 0 Å². The minimum Gasteiger partial charge on any atom is -0.496 e. The first-order valence-electron chi connectivity index (χ1n) is 8.20. The Morgan fingerprint density at radius 3 is 2.57 bits per heavy atom. The van der Waals surface area contributed by atoms with Crippen LogP contribution < -0.4 is 15.0 Å². The highest BCUT2D eigenvalue weighted by atomic mass is 16.5. The average molecular weight is 290 g/mol. The van der Waals surface area contributed by atoms with Crippen LogP contribution in [-0.4, -0.2) is 27.2 Å². The first-order chi connectivity index (χ1) is 10.1. The molecule has 1 aromatic carbocycles. The Kier molecular flexibility index (Phi) is 5.15. The number of benzene rings is 1. The molecule has 1 unspecified atom stereocenters. The van der Waals surface area contributed by atoms with E-state index in [-0.39, 0.29) is 6.04 Å². The van der Waals surface area contributed by atoms with Crippen molar-refractivity contribution in [3.63, 3.8) is 0 Å². The zero-order valence-electron chi connectivity index (χ0n) is 14.2. The highest BCUT2D eigenvalue weighted by molar-refractivity contribution is 5.61. The van der Waals surface area contributed by atoms with Crippen LogP contribution in [0.15, 0.2) is 18.2 Å². The molecular weight excluding hydrogens is 260 g/mol. The normalized spacial score (nSPS) is 18.8. The zero-order chi connectivity index (χ0) is 15.5. The van der Waals surface area contributed by atoms with E-state index in [4.69, 9.17) is 4.74 Å². The van der Waals surface area contributed by atoms with Crippen LogP contribution in [-0.2, 0) is 0 Å². The number of methoxy groups -OCH3 is 1. The molecule has 21 heavy (non-hydrogen) atoms. The second kappa shape index (κ2) is 6.69. The second-order valence-corrected chi connectivity index (χ2v) is 6.28. The van der Waals surface area contributed by atoms with Gasteiger partial charge in [-0.2, -0.15) is 0 Å². The Morgan fingerprint density at radius 1 is 1.33 bits per heavy atom. The largest absolute Gasteiger partial charge is 0.496 e. The van der Waals surface area contributed by atoms with Gasteiger partial charge in [0.1, 0.15) is 5.75 Å². The van der Waals surface area contributed by atoms with Gasteiger partial charge in [-0.05, 0) is 50.8 Å². The van der Waals surface area contributed by atoms with Crippen LogP contribution in [0.5, 0.6) is 5.75 Å². The second-order valence-electron chi connectivity index (χ2n) is 6.28. The summed E-state index contributed by atoms with van der Waals surface area (Å²) in [6.45, 7) is 9.17. The fourth-order valence-electron chi connectivity index (χ4n) is 3.53. The summed E-state index contributed by atoms with van der Waals surface area (Å²) in [6.07, 6.45) is 3.83. The third kappa shape index (κ3) is 3.03. The van der Waals surface area contributed by atoms with Crippen LogP contribution in [0.3, 0.4) is 0 Å². The molecule has 1 atom stereocenters. The van der Waals surface area contributed by atoms with Crippen molar-refractivity contribution in [3.05, 3.63) is 23.8 Å². The molecule has 0 bridgehead atoms. The van der Waals surface area contributed by atoms with E-state index in [1.807, 2.05) is 7.05 Å². The van der Waals surface area contributed by atoms with Gasteiger partial charge in [-0.1, -0.05) is 19.9 Å². The highest BCUT2D eigenvalue weighted by Crippen LogP contribution is 2.42. The van der Waals surface area contributed by atoms with E-state index in [0.29, 0.717) is 5.41 Å². The van der Waals surface area contributed by atoms with Gasteiger partial charge in [-0.15, -0.1) is 0 Å². The molecule has 1 aliphatic rings. The van der Waals surface area contributed by atoms with E-state index in [9.17, 15) is 0 Å². The van der Waals surface area contributed by atoms with Crippen LogP contribution in [0.2, 0.25) is 0 Å². The summed E-state index contributed by atoms with van der Waals surface area (Å²) in [5.41, 5.74) is 3.11. The molecule has 0 radical (unpaired) electrons. The molecule has 1 saturated heterocycles. The van der Waals surface area contributed by atoms with Crippen LogP contribution in [0.4, 0.5) is 5.69 Å². The van der Waals surface area contributed by atoms with Gasteiger partial charge in [0.25, 0.3) is 0 Å². The summed E-state index contributed by atoms with van der Waals surface area (Å²) in [5.74, 6) is 0.986. The van der Waals surface area contributed by atoms with Crippen LogP contribution >= 0.6 is 0 Å². The summed E-state index contributed by atoms with van der Waals surface area (Å²) in [7, 11) is 3.77. The standard InChI is InChI=1S/C18H30N2O/c1-6-18(7-2)11-12-20(13-18)15-9-8-10-16(21-5)17(15)14(3)19-4/h8-10,14,19H,6-7,11-13H2,1-5H3. The van der Waals surface area contributed by atoms with E-state index in [1.54, 1.807) is 7.11 Å². The number of hydrogen-bond donors (Lipinski definition) is 1. The fourth-order valence-corrected chi connectivity index (χ4v) is 3.53. The molecule has 1 heterocycles. The van der Waals surface area contributed by atoms with Gasteiger partial charge in [0.05, 0.1) is 7.11 Å². The molecule has 0 spiro atoms. The van der Waals surface area contributed by atoms with Crippen molar-refractivity contribution in [3.8, 4) is 5.75 Å². The van der Waals surface area contributed by atoms with Crippen molar-refractivity contribution in [1.29, 1.82) is 0 Å². The van der Waals surface area contributed by atoms with E-state index < -0.39 is 0 Å². The molecule has 0 amide bonds. The summed E-state index contributed by atoms with van der Waals surface area (Å²) in [4.78, 5) is 2.55. The lowest BCUT2D eigenvalue weighted by atomic mass is 9.82. The van der Waals surface area contributed by atoms with Crippen molar-refractivity contribution in [2.45, 2.75) is 46.1 Å². The number of nitrogens with one attached hydrogen (secondary N) is 1. The number of anilines is 1. The summed E-state index contributed by atoms with van der Waals surface area (Å²) >= 11 is 0. The summed E-state index contributed by atoms with van der Waals surface area (Å²) in [6, 6.07) is 6.70. The molecule has 3 nitrogen and oxygen atoms in total. The maximum atomic E-state index is 5.61. The van der Waals surface area contributed by atoms with Gasteiger partial charge in [0.2, 0.25) is 0 Å². The lowest BCUT2D eigenvalue weighted by Crippen LogP contribution is -2.28. The smallest absolute Gasteiger partial charge is 0.125 e. The molecule has 0 saturated carbocycles. The zero-order valence-corrected chi connectivity index (χ0v) is 14.2. The highest BCUT2D eigenvalue weighted by Gasteiger charge is 2.36. The van der Waals surface area contributed by atoms with Gasteiger partial charge in [0.15, 0.2) is 0 Å². The number of nitrogens with zero attached hydrogens (tertiary/aromatic N) is 1. The first kappa shape index (κ1) is 16.2. The number of ether oxygens (including phenoxy) is 1. The SMILES string of the molecule is CCC1(CC)CCN(c2cccc(OC)c2C(C)NC)C1. The third-order valence-electron chi connectivity index (χ3n) is 5.41. The lowest BCUT2D eigenvalue weighted by molar-refractivity contribution is 0.301. The van der Waals surface area contributed by atoms with Gasteiger partial charge >= 0.3 is 0 Å². The molecule has 0 aliphatic carbocycles. The predicted molar refractivity (Wildman–Crippen MR) is 90.3 cm³/mol. The molecule has 1 fully saturated rings. The minimum absolute atomic E-state index is 0.286. The number of rotatable bonds is 6. The Bertz CT molecular complexity index is 468. The van der Waals surface area contributed by atoms with E-state index in [1.165, 1.54) is 30.5 Å². The first-order valence-corrected chi connectivity index (χ1v) is 8.20. The predicted octanol–water partition coefficient (Wildman–Crippen LogP) is 3.99. The van der Waals surface area contributed by atoms with Gasteiger partial charge < -0.3 is 15.0 Å². The van der Waals surface area contributed by atoms with E-state index in [2.05, 4.69) is 49.2 Å². The quantitative estimate of drug-likeness (QED) is 0.857. The Labute approximate surface area is 129 Å². The van der Waals surface area contributed by atoms with Gasteiger partial charge in [-0.25, -0.2) is 0 Å². The number of hydrogen-bond acceptors (Lipinski definition) is 3. The molecule has 0 aromatic heterocycles. The Morgan fingerprint density at radius 2 is 2.05 bits per heavy atom. The minimum atomic E-state index is 0.286. The maximum Gasteiger partial charge on any atom is 0.125 e. The Balaban J connectivity index is 2.36. The summed E-state index contributed by atoms with van der Waals surface area (Å²) in [5, 5.41) is 3.36. The van der Waals surface area contributed by atoms with Crippen molar-refractivity contribution >= 4 is 5.69 Å². The van der Waals surface area contributed by atoms with Crippen LogP contribution in [0, 0.1) is 5.41 Å².